The van der Waals surface area contributed by atoms with Crippen LogP contribution >= 0.6 is 99.2 Å². The van der Waals surface area contributed by atoms with E-state index in [0.717, 1.165) is 106 Å². The molecule has 6 heterocycles. The molecule has 0 aliphatic carbocycles. The number of aliphatic hydroxyl groups excluding tert-OH is 1. The molecule has 6 fully saturated rings. The van der Waals surface area contributed by atoms with Gasteiger partial charge in [-0.15, -0.1) is 17.0 Å². The summed E-state index contributed by atoms with van der Waals surface area (Å²) < 4.78 is 85.2. The summed E-state index contributed by atoms with van der Waals surface area (Å²) in [5.41, 5.74) is 5.32. The zero-order chi connectivity index (χ0) is 74.2. The maximum Gasteiger partial charge on any atom is 1.00 e. The molecule has 0 aromatic carbocycles. The fourth-order valence-corrected chi connectivity index (χ4v) is 9.13. The number of ether oxygens (including phenoxy) is 15. The molecule has 0 spiro atoms. The van der Waals surface area contributed by atoms with Crippen LogP contribution in [0, 0.1) is 0 Å². The van der Waals surface area contributed by atoms with Gasteiger partial charge in [0.15, 0.2) is 37.7 Å². The van der Waals surface area contributed by atoms with Crippen LogP contribution in [0.5, 0.6) is 0 Å². The Hall–Kier alpha value is -1.00. The molecule has 6 aliphatic heterocycles. The fourth-order valence-electron chi connectivity index (χ4n) is 7.70. The third kappa shape index (κ3) is 75.6. The summed E-state index contributed by atoms with van der Waals surface area (Å²) in [7, 11) is 4.55. The molecule has 0 aromatic rings. The van der Waals surface area contributed by atoms with Crippen LogP contribution in [0.1, 0.15) is 162 Å². The average Bonchev–Trinajstić information content (AvgIpc) is 2.24. The van der Waals surface area contributed by atoms with Crippen LogP contribution in [0.2, 0.25) is 0 Å². The van der Waals surface area contributed by atoms with E-state index in [-0.39, 0.29) is 124 Å². The zero-order valence-electron chi connectivity index (χ0n) is 58.4. The molecular formula is C63H113Br4ClIN2NaO29. The second-order valence-corrected chi connectivity index (χ2v) is 23.3. The molecule has 0 bridgehead atoms. The fraction of sp³-hybridized carbons (Fsp3) is 0.841. The van der Waals surface area contributed by atoms with Crippen LogP contribution in [-0.4, -0.2) is 258 Å². The number of unbranched alkanes of at least 4 members (excludes halogenated alkanes) is 2. The van der Waals surface area contributed by atoms with Crippen LogP contribution in [0.3, 0.4) is 0 Å². The average molecular weight is 1870 g/mol. The first-order valence-corrected chi connectivity index (χ1v) is 37.3. The minimum Gasteiger partial charge on any atom is -0.769 e. The van der Waals surface area contributed by atoms with Gasteiger partial charge in [0.25, 0.3) is 0 Å². The van der Waals surface area contributed by atoms with Crippen molar-refractivity contribution in [2.45, 2.75) is 212 Å². The van der Waals surface area contributed by atoms with Crippen molar-refractivity contribution >= 4 is 157 Å². The van der Waals surface area contributed by atoms with Crippen molar-refractivity contribution < 1.29 is 169 Å². The number of methoxy groups -OCH3 is 3. The molecule has 6 aliphatic rings. The number of hydrogen-bond donors (Lipinski definition) is 5. The molecule has 0 amide bonds. The van der Waals surface area contributed by atoms with Crippen molar-refractivity contribution in [1.82, 2.24) is 0 Å². The Morgan fingerprint density at radius 1 is 0.564 bits per heavy atom. The minimum atomic E-state index is -1.37. The van der Waals surface area contributed by atoms with E-state index in [1.165, 1.54) is 20.0 Å². The van der Waals surface area contributed by atoms with Crippen molar-refractivity contribution in [1.29, 1.82) is 0 Å². The van der Waals surface area contributed by atoms with Crippen LogP contribution in [0.15, 0.2) is 4.99 Å². The van der Waals surface area contributed by atoms with Crippen LogP contribution in [0.4, 0.5) is 0 Å². The molecule has 592 valence electrons. The number of Topliss-reactive ketones (excluding diaryl/α,β-unsaturated/α-hetero) is 3. The molecule has 38 heteroatoms. The first-order chi connectivity index (χ1) is 47.3. The second kappa shape index (κ2) is 86.2. The largest absolute Gasteiger partial charge is 1.00 e. The number of aldehydes is 1. The Bertz CT molecular complexity index is 1920. The Labute approximate surface area is 672 Å². The van der Waals surface area contributed by atoms with E-state index >= 15 is 0 Å². The maximum atomic E-state index is 11.3. The number of carbonyl (C=O) groups excluding carboxylic acids is 6. The molecule has 6 rings (SSSR count). The van der Waals surface area contributed by atoms with Gasteiger partial charge in [-0.1, -0.05) is 55.2 Å². The smallest absolute Gasteiger partial charge is 0.769 e. The van der Waals surface area contributed by atoms with E-state index in [0.29, 0.717) is 117 Å². The summed E-state index contributed by atoms with van der Waals surface area (Å²) in [5, 5.41) is 36.2. The van der Waals surface area contributed by atoms with Gasteiger partial charge in [-0.3, -0.25) is 24.2 Å². The summed E-state index contributed by atoms with van der Waals surface area (Å²) in [6, 6.07) is -1.18. The van der Waals surface area contributed by atoms with E-state index < -0.39 is 53.3 Å². The first kappa shape index (κ1) is 113. The predicted octanol–water partition coefficient (Wildman–Crippen LogP) is 5.31. The van der Waals surface area contributed by atoms with Crippen molar-refractivity contribution in [2.75, 3.05) is 130 Å². The topological polar surface area (TPSA) is 434 Å². The predicted molar refractivity (Wildman–Crippen MR) is 392 cm³/mol. The van der Waals surface area contributed by atoms with Gasteiger partial charge in [0.2, 0.25) is 17.3 Å². The molecule has 2 atom stereocenters. The SMILES string of the molecule is Br.BrCCCC1OCCO1.C.C1CCOC1.CCOC(=O)C(=O)CCCC1OCCO1.COC(=O)C(CCCC(OC)OC)N=CI.NC(CCCC1OCCO1)C(=O)O.O=C(O)C(=O)CCCC1OCCO1.O=C(O)C(=O)CCCC1OCCO1.O=CCCCBr.OCCCCBr.[Na+].[O-]Cl. The number of carbonyl (C=O) groups is 9. The zero-order valence-corrected chi connectivity index (χ0v) is 69.8. The number of alkyl halides is 3. The van der Waals surface area contributed by atoms with Crippen LogP contribution in [0.25, 0.3) is 0 Å². The summed E-state index contributed by atoms with van der Waals surface area (Å²) >= 11 is 15.1. The van der Waals surface area contributed by atoms with Gasteiger partial charge in [0.05, 0.1) is 84.0 Å². The normalized spacial score (nSPS) is 15.9. The van der Waals surface area contributed by atoms with Crippen molar-refractivity contribution in [3.8, 4) is 0 Å². The number of nitrogens with two attached hydrogens (primary N) is 1. The van der Waals surface area contributed by atoms with Crippen molar-refractivity contribution in [3.05, 3.63) is 0 Å². The quantitative estimate of drug-likeness (QED) is 0.00601. The second-order valence-electron chi connectivity index (χ2n) is 20.4. The standard InChI is InChI=1S/C10H18INO4.C10H16O5.C8H15NO4.2C8H12O5.C6H11BrO2.C4H9BrO.C4H7BrO.C4H8O.CH4.BrH.ClO.Na/c1-14-9(15-2)6-4-5-8(12-7-11)10(13)16-3;1-2-13-10(12)8(11)4-3-5-9-14-6-7-15-9;3*9-6(8(10)11)2-1-3-7-12-4-5-13-7;7-3-1-2-6-8-4-5-9-6;2*5-3-1-2-4-6;1-2-4-5-3-1;;;1-2;/h7-9H,4-6H2,1-3H3;9H,2-7H2,1H3;6-7H,1-5,9H2,(H,10,11);2*7H,1-5H2,(H,10,11);6H,1-5H2;6H,1-4H2;4H,1-3H2;1-4H2;1H4;1H;;/q;;;;;;;;;;;-1;+1. The number of rotatable bonds is 38. The van der Waals surface area contributed by atoms with Gasteiger partial charge in [0.1, 0.15) is 18.4 Å². The monoisotopic (exact) mass is 1860 g/mol. The van der Waals surface area contributed by atoms with Gasteiger partial charge < -0.3 is 107 Å². The van der Waals surface area contributed by atoms with E-state index in [9.17, 15) is 43.2 Å². The number of aliphatic hydroxyl groups is 1. The number of carboxylic acid groups (broad SMARTS) is 3. The number of aliphatic imine (C=N–C) groups is 1. The van der Waals surface area contributed by atoms with E-state index in [4.69, 9.17) is 92.4 Å². The molecular weight excluding hydrogens is 1750 g/mol. The Kier molecular flexibility index (Phi) is 96.8. The molecule has 6 saturated heterocycles. The van der Waals surface area contributed by atoms with Gasteiger partial charge in [-0.25, -0.2) is 31.0 Å². The number of esters is 2. The Balaban J connectivity index is -0.000000199. The van der Waals surface area contributed by atoms with E-state index in [1.807, 2.05) is 22.6 Å². The van der Waals surface area contributed by atoms with E-state index in [1.54, 1.807) is 25.4 Å². The number of hydrogen-bond acceptors (Lipinski definition) is 28. The van der Waals surface area contributed by atoms with Crippen molar-refractivity contribution in [2.24, 2.45) is 10.7 Å². The minimum absolute atomic E-state index is 0. The molecule has 101 heavy (non-hydrogen) atoms. The Morgan fingerprint density at radius 2 is 0.931 bits per heavy atom. The van der Waals surface area contributed by atoms with Crippen LogP contribution < -0.4 is 39.9 Å². The first-order valence-electron chi connectivity index (χ1n) is 32.4. The molecule has 0 aromatic heterocycles. The summed E-state index contributed by atoms with van der Waals surface area (Å²) in [6.07, 6.45) is 16.1. The Morgan fingerprint density at radius 3 is 1.20 bits per heavy atom. The number of carboxylic acids is 3. The summed E-state index contributed by atoms with van der Waals surface area (Å²) in [5.74, 6) is -6.72. The number of halogens is 6. The number of nitrogens with zero attached hydrogens (tertiary/aromatic N) is 1. The molecule has 2 unspecified atom stereocenters. The van der Waals surface area contributed by atoms with Gasteiger partial charge in [0, 0.05) is 75.7 Å². The van der Waals surface area contributed by atoms with Gasteiger partial charge >= 0.3 is 59.4 Å². The van der Waals surface area contributed by atoms with Gasteiger partial charge in [-0.05, 0) is 152 Å². The van der Waals surface area contributed by atoms with Gasteiger partial charge in [-0.2, -0.15) is 0 Å². The number of ketones is 3. The third-order valence-corrected chi connectivity index (χ3v) is 14.8. The van der Waals surface area contributed by atoms with Crippen LogP contribution in [-0.2, 0) is 114 Å². The summed E-state index contributed by atoms with van der Waals surface area (Å²) in [4.78, 5) is 98.8. The summed E-state index contributed by atoms with van der Waals surface area (Å²) in [6.45, 7) is 10.6. The van der Waals surface area contributed by atoms with Crippen molar-refractivity contribution in [3.63, 3.8) is 0 Å². The molecule has 0 radical (unpaired) electrons. The number of aliphatic carboxylic acids is 3. The molecule has 31 nitrogen and oxygen atoms in total. The maximum absolute atomic E-state index is 11.3. The molecule has 6 N–H and O–H groups in total. The third-order valence-electron chi connectivity index (χ3n) is 12.8. The van der Waals surface area contributed by atoms with E-state index in [2.05, 4.69) is 74.1 Å². The molecule has 0 saturated carbocycles.